The van der Waals surface area contributed by atoms with Crippen molar-refractivity contribution in [3.05, 3.63) is 52.3 Å². The Balaban J connectivity index is 1.77. The van der Waals surface area contributed by atoms with E-state index in [4.69, 9.17) is 4.52 Å². The first kappa shape index (κ1) is 14.5. The summed E-state index contributed by atoms with van der Waals surface area (Å²) >= 11 is 3.48. The first-order valence-corrected chi connectivity index (χ1v) is 7.46. The molecule has 0 radical (unpaired) electrons. The fourth-order valence-electron chi connectivity index (χ4n) is 1.90. The standard InChI is InChI=1S/C15H14BrN5O/c1-9-7-11(3-4-12(9)16)18-15-17-6-5-13(20-15)19-14-8-10(2)22-21-14/h3-8H,1-2H3,(H2,17,18,19,20,21). The number of nitrogens with one attached hydrogen (secondary N) is 2. The van der Waals surface area contributed by atoms with Crippen LogP contribution in [0.3, 0.4) is 0 Å². The van der Waals surface area contributed by atoms with Gasteiger partial charge in [-0.05, 0) is 43.7 Å². The molecular weight excluding hydrogens is 346 g/mol. The second kappa shape index (κ2) is 6.15. The van der Waals surface area contributed by atoms with E-state index in [1.807, 2.05) is 32.0 Å². The summed E-state index contributed by atoms with van der Waals surface area (Å²) < 4.78 is 6.08. The number of rotatable bonds is 4. The molecule has 22 heavy (non-hydrogen) atoms. The van der Waals surface area contributed by atoms with E-state index >= 15 is 0 Å². The Labute approximate surface area is 136 Å². The van der Waals surface area contributed by atoms with E-state index in [0.717, 1.165) is 21.5 Å². The zero-order valence-corrected chi connectivity index (χ0v) is 13.7. The van der Waals surface area contributed by atoms with Crippen molar-refractivity contribution in [2.24, 2.45) is 0 Å². The van der Waals surface area contributed by atoms with Crippen LogP contribution in [0.4, 0.5) is 23.3 Å². The molecule has 0 fully saturated rings. The van der Waals surface area contributed by atoms with Crippen LogP contribution in [-0.2, 0) is 0 Å². The average molecular weight is 360 g/mol. The van der Waals surface area contributed by atoms with Gasteiger partial charge in [0.2, 0.25) is 5.95 Å². The minimum Gasteiger partial charge on any atom is -0.360 e. The topological polar surface area (TPSA) is 75.9 Å². The number of hydrogen-bond acceptors (Lipinski definition) is 6. The smallest absolute Gasteiger partial charge is 0.229 e. The van der Waals surface area contributed by atoms with E-state index < -0.39 is 0 Å². The molecule has 0 aliphatic rings. The van der Waals surface area contributed by atoms with E-state index in [0.29, 0.717) is 17.6 Å². The van der Waals surface area contributed by atoms with E-state index in [2.05, 4.69) is 41.7 Å². The van der Waals surface area contributed by atoms with Gasteiger partial charge in [0.1, 0.15) is 11.6 Å². The first-order valence-electron chi connectivity index (χ1n) is 6.67. The maximum Gasteiger partial charge on any atom is 0.229 e. The Morgan fingerprint density at radius 3 is 2.64 bits per heavy atom. The van der Waals surface area contributed by atoms with Crippen LogP contribution in [0, 0.1) is 13.8 Å². The summed E-state index contributed by atoms with van der Waals surface area (Å²) in [5.41, 5.74) is 2.06. The highest BCUT2D eigenvalue weighted by Crippen LogP contribution is 2.22. The Morgan fingerprint density at radius 2 is 1.91 bits per heavy atom. The van der Waals surface area contributed by atoms with Crippen LogP contribution in [0.2, 0.25) is 0 Å². The van der Waals surface area contributed by atoms with Crippen molar-refractivity contribution in [3.8, 4) is 0 Å². The van der Waals surface area contributed by atoms with Crippen molar-refractivity contribution in [2.75, 3.05) is 10.6 Å². The van der Waals surface area contributed by atoms with Gasteiger partial charge in [0.05, 0.1) is 0 Å². The third kappa shape index (κ3) is 3.43. The number of nitrogens with zero attached hydrogens (tertiary/aromatic N) is 3. The normalized spacial score (nSPS) is 10.5. The van der Waals surface area contributed by atoms with E-state index in [1.165, 1.54) is 0 Å². The molecule has 0 spiro atoms. The van der Waals surface area contributed by atoms with Gasteiger partial charge in [-0.15, -0.1) is 0 Å². The molecule has 0 amide bonds. The maximum atomic E-state index is 5.01. The highest BCUT2D eigenvalue weighted by atomic mass is 79.9. The Morgan fingerprint density at radius 1 is 1.05 bits per heavy atom. The largest absolute Gasteiger partial charge is 0.360 e. The molecule has 3 rings (SSSR count). The van der Waals surface area contributed by atoms with Gasteiger partial charge in [0.15, 0.2) is 5.82 Å². The lowest BCUT2D eigenvalue weighted by Gasteiger charge is -2.08. The van der Waals surface area contributed by atoms with E-state index in [9.17, 15) is 0 Å². The number of halogens is 1. The van der Waals surface area contributed by atoms with Gasteiger partial charge in [-0.3, -0.25) is 0 Å². The Bertz CT molecular complexity index is 802. The molecule has 6 nitrogen and oxygen atoms in total. The lowest BCUT2D eigenvalue weighted by atomic mass is 10.2. The predicted molar refractivity (Wildman–Crippen MR) is 88.7 cm³/mol. The third-order valence-corrected chi connectivity index (χ3v) is 3.84. The van der Waals surface area contributed by atoms with Gasteiger partial charge in [0.25, 0.3) is 0 Å². The van der Waals surface area contributed by atoms with Crippen molar-refractivity contribution in [3.63, 3.8) is 0 Å². The summed E-state index contributed by atoms with van der Waals surface area (Å²) in [5.74, 6) is 2.49. The van der Waals surface area contributed by atoms with Gasteiger partial charge in [-0.25, -0.2) is 4.98 Å². The van der Waals surface area contributed by atoms with Crippen LogP contribution in [-0.4, -0.2) is 15.1 Å². The van der Waals surface area contributed by atoms with Crippen molar-refractivity contribution < 1.29 is 4.52 Å². The Kier molecular flexibility index (Phi) is 4.06. The van der Waals surface area contributed by atoms with Crippen LogP contribution < -0.4 is 10.6 Å². The minimum atomic E-state index is 0.506. The SMILES string of the molecule is Cc1cc(Nc2ccnc(Nc3ccc(Br)c(C)c3)n2)no1. The summed E-state index contributed by atoms with van der Waals surface area (Å²) in [6.45, 7) is 3.86. The summed E-state index contributed by atoms with van der Waals surface area (Å²) in [6, 6.07) is 9.53. The molecule has 0 atom stereocenters. The van der Waals surface area contributed by atoms with Crippen LogP contribution in [0.25, 0.3) is 0 Å². The molecule has 0 saturated heterocycles. The molecule has 2 N–H and O–H groups in total. The minimum absolute atomic E-state index is 0.506. The lowest BCUT2D eigenvalue weighted by molar-refractivity contribution is 0.400. The molecule has 0 aliphatic heterocycles. The second-order valence-corrected chi connectivity index (χ2v) is 5.66. The van der Waals surface area contributed by atoms with Gasteiger partial charge < -0.3 is 15.2 Å². The highest BCUT2D eigenvalue weighted by Gasteiger charge is 2.04. The van der Waals surface area contributed by atoms with Crippen LogP contribution in [0.5, 0.6) is 0 Å². The third-order valence-electron chi connectivity index (χ3n) is 2.95. The molecule has 0 saturated carbocycles. The second-order valence-electron chi connectivity index (χ2n) is 4.80. The summed E-state index contributed by atoms with van der Waals surface area (Å²) in [5, 5.41) is 10.1. The maximum absolute atomic E-state index is 5.01. The molecule has 2 heterocycles. The number of anilines is 4. The van der Waals surface area contributed by atoms with Crippen LogP contribution >= 0.6 is 15.9 Å². The first-order chi connectivity index (χ1) is 10.6. The van der Waals surface area contributed by atoms with E-state index in [1.54, 1.807) is 18.3 Å². The molecule has 0 bridgehead atoms. The molecular formula is C15H14BrN5O. The average Bonchev–Trinajstić information content (AvgIpc) is 2.89. The van der Waals surface area contributed by atoms with Crippen LogP contribution in [0.1, 0.15) is 11.3 Å². The summed E-state index contributed by atoms with van der Waals surface area (Å²) in [6.07, 6.45) is 1.68. The number of aryl methyl sites for hydroxylation is 2. The lowest BCUT2D eigenvalue weighted by Crippen LogP contribution is -2.00. The molecule has 0 unspecified atom stereocenters. The number of aromatic nitrogens is 3. The number of hydrogen-bond donors (Lipinski definition) is 2. The fraction of sp³-hybridized carbons (Fsp3) is 0.133. The van der Waals surface area contributed by atoms with Crippen molar-refractivity contribution >= 4 is 39.2 Å². The molecule has 0 aliphatic carbocycles. The molecule has 2 aromatic heterocycles. The van der Waals surface area contributed by atoms with Crippen molar-refractivity contribution in [2.45, 2.75) is 13.8 Å². The number of benzene rings is 1. The monoisotopic (exact) mass is 359 g/mol. The van der Waals surface area contributed by atoms with Crippen molar-refractivity contribution in [1.82, 2.24) is 15.1 Å². The zero-order valence-electron chi connectivity index (χ0n) is 12.1. The fourth-order valence-corrected chi connectivity index (χ4v) is 2.14. The van der Waals surface area contributed by atoms with Gasteiger partial charge in [-0.1, -0.05) is 21.1 Å². The quantitative estimate of drug-likeness (QED) is 0.721. The van der Waals surface area contributed by atoms with Crippen molar-refractivity contribution in [1.29, 1.82) is 0 Å². The summed E-state index contributed by atoms with van der Waals surface area (Å²) in [4.78, 5) is 8.61. The highest BCUT2D eigenvalue weighted by molar-refractivity contribution is 9.10. The molecule has 112 valence electrons. The van der Waals surface area contributed by atoms with Crippen LogP contribution in [0.15, 0.2) is 45.5 Å². The van der Waals surface area contributed by atoms with Gasteiger partial charge in [-0.2, -0.15) is 4.98 Å². The molecule has 7 heteroatoms. The predicted octanol–water partition coefficient (Wildman–Crippen LogP) is 4.33. The molecule has 1 aromatic carbocycles. The van der Waals surface area contributed by atoms with Gasteiger partial charge >= 0.3 is 0 Å². The van der Waals surface area contributed by atoms with Gasteiger partial charge in [0, 0.05) is 22.4 Å². The summed E-state index contributed by atoms with van der Waals surface area (Å²) in [7, 11) is 0. The zero-order chi connectivity index (χ0) is 15.5. The Hall–Kier alpha value is -2.41. The molecule has 3 aromatic rings. The van der Waals surface area contributed by atoms with E-state index in [-0.39, 0.29) is 0 Å².